The average Bonchev–Trinajstić information content (AvgIpc) is 3.02. The van der Waals surface area contributed by atoms with Gasteiger partial charge in [0.25, 0.3) is 0 Å². The molecule has 0 saturated heterocycles. The SMILES string of the molecule is FC(F)(F)c1cccc(N2CCC(/N=C/c3ccccc3)=N2)c1. The summed E-state index contributed by atoms with van der Waals surface area (Å²) in [5.41, 5.74) is 0.698. The van der Waals surface area contributed by atoms with Gasteiger partial charge in [0.1, 0.15) is 0 Å². The van der Waals surface area contributed by atoms with Crippen molar-refractivity contribution in [3.63, 3.8) is 0 Å². The van der Waals surface area contributed by atoms with Crippen LogP contribution in [0.1, 0.15) is 17.5 Å². The van der Waals surface area contributed by atoms with Crippen LogP contribution in [0.25, 0.3) is 0 Å². The molecule has 0 fully saturated rings. The molecular formula is C17H14F3N3. The number of nitrogens with zero attached hydrogens (tertiary/aromatic N) is 3. The molecule has 1 aliphatic rings. The number of rotatable bonds is 2. The van der Waals surface area contributed by atoms with Crippen molar-refractivity contribution < 1.29 is 13.2 Å². The van der Waals surface area contributed by atoms with Gasteiger partial charge in [0.2, 0.25) is 0 Å². The normalized spacial score (nSPS) is 15.3. The lowest BCUT2D eigenvalue weighted by atomic mass is 10.2. The molecule has 0 aliphatic carbocycles. The molecule has 0 N–H and O–H groups in total. The zero-order valence-corrected chi connectivity index (χ0v) is 12.2. The molecule has 0 unspecified atom stereocenters. The van der Waals surface area contributed by atoms with E-state index in [9.17, 15) is 13.2 Å². The molecule has 2 aromatic carbocycles. The fourth-order valence-corrected chi connectivity index (χ4v) is 2.25. The number of alkyl halides is 3. The Balaban J connectivity index is 1.76. The number of hydrogen-bond donors (Lipinski definition) is 0. The Morgan fingerprint density at radius 1 is 1.04 bits per heavy atom. The minimum absolute atomic E-state index is 0.421. The van der Waals surface area contributed by atoms with Crippen LogP contribution in [0.4, 0.5) is 18.9 Å². The molecule has 6 heteroatoms. The summed E-state index contributed by atoms with van der Waals surface area (Å²) in [5, 5.41) is 5.83. The summed E-state index contributed by atoms with van der Waals surface area (Å²) >= 11 is 0. The maximum atomic E-state index is 12.8. The highest BCUT2D eigenvalue weighted by atomic mass is 19.4. The fraction of sp³-hybridized carbons (Fsp3) is 0.176. The van der Waals surface area contributed by atoms with E-state index in [1.165, 1.54) is 6.07 Å². The van der Waals surface area contributed by atoms with Crippen LogP contribution in [0, 0.1) is 0 Å². The standard InChI is InChI=1S/C17H14F3N3/c18-17(19,20)14-7-4-8-15(11-14)23-10-9-16(22-23)21-12-13-5-2-1-3-6-13/h1-8,11-12H,9-10H2/b21-12+. The third kappa shape index (κ3) is 3.77. The maximum absolute atomic E-state index is 12.8. The van der Waals surface area contributed by atoms with E-state index in [1.807, 2.05) is 30.3 Å². The molecular weight excluding hydrogens is 303 g/mol. The smallest absolute Gasteiger partial charge is 0.263 e. The molecule has 1 aliphatic heterocycles. The third-order valence-electron chi connectivity index (χ3n) is 3.42. The van der Waals surface area contributed by atoms with Crippen molar-refractivity contribution >= 4 is 17.7 Å². The van der Waals surface area contributed by atoms with Gasteiger partial charge in [0, 0.05) is 19.2 Å². The van der Waals surface area contributed by atoms with Gasteiger partial charge < -0.3 is 0 Å². The Morgan fingerprint density at radius 2 is 1.83 bits per heavy atom. The lowest BCUT2D eigenvalue weighted by Crippen LogP contribution is -2.13. The minimum Gasteiger partial charge on any atom is -0.263 e. The van der Waals surface area contributed by atoms with Gasteiger partial charge in [-0.2, -0.15) is 18.3 Å². The molecule has 0 saturated carbocycles. The van der Waals surface area contributed by atoms with E-state index < -0.39 is 11.7 Å². The van der Waals surface area contributed by atoms with Crippen molar-refractivity contribution in [3.8, 4) is 0 Å². The number of hydrogen-bond acceptors (Lipinski definition) is 3. The maximum Gasteiger partial charge on any atom is 0.416 e. The number of halogens is 3. The van der Waals surface area contributed by atoms with Crippen molar-refractivity contribution in [1.29, 1.82) is 0 Å². The van der Waals surface area contributed by atoms with E-state index in [0.29, 0.717) is 24.5 Å². The molecule has 0 amide bonds. The first kappa shape index (κ1) is 15.3. The second-order valence-corrected chi connectivity index (χ2v) is 5.11. The van der Waals surface area contributed by atoms with Gasteiger partial charge in [0.05, 0.1) is 11.3 Å². The molecule has 0 spiro atoms. The Morgan fingerprint density at radius 3 is 2.57 bits per heavy atom. The number of hydrazone groups is 1. The van der Waals surface area contributed by atoms with Gasteiger partial charge >= 0.3 is 6.18 Å². The molecule has 118 valence electrons. The summed E-state index contributed by atoms with van der Waals surface area (Å²) in [6.07, 6.45) is -2.05. The third-order valence-corrected chi connectivity index (χ3v) is 3.42. The van der Waals surface area contributed by atoms with Crippen LogP contribution in [-0.4, -0.2) is 18.6 Å². The molecule has 0 bridgehead atoms. The lowest BCUT2D eigenvalue weighted by molar-refractivity contribution is -0.137. The molecule has 23 heavy (non-hydrogen) atoms. The van der Waals surface area contributed by atoms with Gasteiger partial charge in [-0.25, -0.2) is 4.99 Å². The van der Waals surface area contributed by atoms with Crippen molar-refractivity contribution in [2.45, 2.75) is 12.6 Å². The van der Waals surface area contributed by atoms with Gasteiger partial charge in [-0.3, -0.25) is 5.01 Å². The van der Waals surface area contributed by atoms with Crippen LogP contribution in [0.15, 0.2) is 64.7 Å². The highest BCUT2D eigenvalue weighted by Crippen LogP contribution is 2.32. The predicted molar refractivity (Wildman–Crippen MR) is 84.9 cm³/mol. The second kappa shape index (κ2) is 6.24. The monoisotopic (exact) mass is 317 g/mol. The van der Waals surface area contributed by atoms with Crippen LogP contribution in [0.5, 0.6) is 0 Å². The van der Waals surface area contributed by atoms with Crippen LogP contribution in [0.3, 0.4) is 0 Å². The lowest BCUT2D eigenvalue weighted by Gasteiger charge is -2.15. The molecule has 2 aromatic rings. The van der Waals surface area contributed by atoms with Crippen molar-refractivity contribution in [2.75, 3.05) is 11.6 Å². The molecule has 0 atom stereocenters. The number of anilines is 1. The summed E-state index contributed by atoms with van der Waals surface area (Å²) in [4.78, 5) is 4.30. The Bertz CT molecular complexity index is 736. The molecule has 3 nitrogen and oxygen atoms in total. The molecule has 0 aromatic heterocycles. The van der Waals surface area contributed by atoms with E-state index >= 15 is 0 Å². The first-order valence-corrected chi connectivity index (χ1v) is 7.14. The van der Waals surface area contributed by atoms with Crippen LogP contribution < -0.4 is 5.01 Å². The quantitative estimate of drug-likeness (QED) is 0.757. The van der Waals surface area contributed by atoms with E-state index in [1.54, 1.807) is 17.3 Å². The van der Waals surface area contributed by atoms with E-state index in [4.69, 9.17) is 0 Å². The minimum atomic E-state index is -4.35. The summed E-state index contributed by atoms with van der Waals surface area (Å²) in [7, 11) is 0. The van der Waals surface area contributed by atoms with Crippen LogP contribution >= 0.6 is 0 Å². The Kier molecular flexibility index (Phi) is 4.14. The van der Waals surface area contributed by atoms with Crippen molar-refractivity contribution in [3.05, 3.63) is 65.7 Å². The van der Waals surface area contributed by atoms with Crippen molar-refractivity contribution in [2.24, 2.45) is 10.1 Å². The van der Waals surface area contributed by atoms with Gasteiger partial charge in [-0.1, -0.05) is 36.4 Å². The fourth-order valence-electron chi connectivity index (χ4n) is 2.25. The second-order valence-electron chi connectivity index (χ2n) is 5.11. The highest BCUT2D eigenvalue weighted by Gasteiger charge is 2.31. The summed E-state index contributed by atoms with van der Waals surface area (Å²) in [5.74, 6) is 0.603. The largest absolute Gasteiger partial charge is 0.416 e. The van der Waals surface area contributed by atoms with E-state index in [2.05, 4.69) is 10.1 Å². The van der Waals surface area contributed by atoms with Crippen LogP contribution in [0.2, 0.25) is 0 Å². The predicted octanol–water partition coefficient (Wildman–Crippen LogP) is 4.35. The van der Waals surface area contributed by atoms with E-state index in [-0.39, 0.29) is 0 Å². The summed E-state index contributed by atoms with van der Waals surface area (Å²) < 4.78 is 38.3. The highest BCUT2D eigenvalue weighted by molar-refractivity contribution is 5.96. The Hall–Kier alpha value is -2.63. The topological polar surface area (TPSA) is 28.0 Å². The number of amidine groups is 1. The number of benzene rings is 2. The number of aliphatic imine (C=N–C) groups is 1. The first-order valence-electron chi connectivity index (χ1n) is 7.14. The molecule has 0 radical (unpaired) electrons. The summed E-state index contributed by atoms with van der Waals surface area (Å²) in [6, 6.07) is 14.7. The average molecular weight is 317 g/mol. The first-order chi connectivity index (χ1) is 11.0. The summed E-state index contributed by atoms with van der Waals surface area (Å²) in [6.45, 7) is 0.517. The Labute approximate surface area is 131 Å². The van der Waals surface area contributed by atoms with Gasteiger partial charge in [-0.15, -0.1) is 0 Å². The molecule has 3 rings (SSSR count). The van der Waals surface area contributed by atoms with Crippen LogP contribution in [-0.2, 0) is 6.18 Å². The van der Waals surface area contributed by atoms with Crippen molar-refractivity contribution in [1.82, 2.24) is 0 Å². The zero-order chi connectivity index (χ0) is 16.3. The van der Waals surface area contributed by atoms with E-state index in [0.717, 1.165) is 17.7 Å². The van der Waals surface area contributed by atoms with Gasteiger partial charge in [0.15, 0.2) is 5.84 Å². The zero-order valence-electron chi connectivity index (χ0n) is 12.2. The molecule has 1 heterocycles. The van der Waals surface area contributed by atoms with Gasteiger partial charge in [-0.05, 0) is 23.8 Å².